The standard InChI is InChI=1S/C17H16Cl2N4/c18-14-4-3-10(6-15(14)19)16-7-12(11-2-1-5-22-9-11)13(8-20)17(21)23-16/h3-4,6-7,11,22H,1-2,5,9H2,(H2,21,23). The third-order valence-electron chi connectivity index (χ3n) is 4.14. The van der Waals surface area contributed by atoms with E-state index in [0.717, 1.165) is 37.1 Å². The molecule has 2 aromatic rings. The molecule has 1 fully saturated rings. The topological polar surface area (TPSA) is 74.7 Å². The van der Waals surface area contributed by atoms with Crippen LogP contribution in [0.4, 0.5) is 5.82 Å². The predicted molar refractivity (Wildman–Crippen MR) is 93.7 cm³/mol. The molecule has 1 saturated heterocycles. The van der Waals surface area contributed by atoms with Crippen LogP contribution in [0.15, 0.2) is 24.3 Å². The van der Waals surface area contributed by atoms with Crippen LogP contribution >= 0.6 is 23.2 Å². The van der Waals surface area contributed by atoms with Gasteiger partial charge < -0.3 is 11.1 Å². The minimum Gasteiger partial charge on any atom is -0.383 e. The maximum atomic E-state index is 9.44. The van der Waals surface area contributed by atoms with Crippen molar-refractivity contribution in [2.24, 2.45) is 0 Å². The van der Waals surface area contributed by atoms with Crippen molar-refractivity contribution in [1.29, 1.82) is 5.26 Å². The molecule has 1 atom stereocenters. The van der Waals surface area contributed by atoms with Gasteiger partial charge in [0, 0.05) is 12.1 Å². The van der Waals surface area contributed by atoms with E-state index in [9.17, 15) is 5.26 Å². The molecule has 3 rings (SSSR count). The molecule has 4 nitrogen and oxygen atoms in total. The second kappa shape index (κ2) is 6.76. The highest BCUT2D eigenvalue weighted by molar-refractivity contribution is 6.42. The van der Waals surface area contributed by atoms with Crippen molar-refractivity contribution in [2.45, 2.75) is 18.8 Å². The van der Waals surface area contributed by atoms with Gasteiger partial charge in [-0.1, -0.05) is 29.3 Å². The van der Waals surface area contributed by atoms with E-state index in [-0.39, 0.29) is 11.7 Å². The van der Waals surface area contributed by atoms with Crippen molar-refractivity contribution in [1.82, 2.24) is 10.3 Å². The van der Waals surface area contributed by atoms with Crippen LogP contribution in [0.1, 0.15) is 29.9 Å². The SMILES string of the molecule is N#Cc1c(C2CCCNC2)cc(-c2ccc(Cl)c(Cl)c2)nc1N. The van der Waals surface area contributed by atoms with Crippen LogP contribution < -0.4 is 11.1 Å². The molecular weight excluding hydrogens is 331 g/mol. The monoisotopic (exact) mass is 346 g/mol. The molecule has 1 aromatic heterocycles. The summed E-state index contributed by atoms with van der Waals surface area (Å²) in [5.74, 6) is 0.530. The summed E-state index contributed by atoms with van der Waals surface area (Å²) >= 11 is 12.1. The summed E-state index contributed by atoms with van der Waals surface area (Å²) in [7, 11) is 0. The molecule has 3 N–H and O–H groups in total. The molecule has 1 aliphatic rings. The van der Waals surface area contributed by atoms with Gasteiger partial charge in [0.15, 0.2) is 0 Å². The van der Waals surface area contributed by atoms with Crippen LogP contribution in [0.25, 0.3) is 11.3 Å². The maximum Gasteiger partial charge on any atom is 0.142 e. The first-order chi connectivity index (χ1) is 11.1. The highest BCUT2D eigenvalue weighted by Crippen LogP contribution is 2.33. The Hall–Kier alpha value is -1.80. The molecule has 1 aliphatic heterocycles. The fourth-order valence-corrected chi connectivity index (χ4v) is 3.25. The maximum absolute atomic E-state index is 9.44. The fraction of sp³-hybridized carbons (Fsp3) is 0.294. The molecule has 6 heteroatoms. The lowest BCUT2D eigenvalue weighted by molar-refractivity contribution is 0.461. The zero-order valence-corrected chi connectivity index (χ0v) is 14.0. The lowest BCUT2D eigenvalue weighted by Gasteiger charge is -2.24. The van der Waals surface area contributed by atoms with E-state index in [4.69, 9.17) is 28.9 Å². The van der Waals surface area contributed by atoms with Gasteiger partial charge in [-0.05, 0) is 49.1 Å². The minimum atomic E-state index is 0.261. The zero-order chi connectivity index (χ0) is 16.4. The lowest BCUT2D eigenvalue weighted by atomic mass is 9.88. The van der Waals surface area contributed by atoms with Gasteiger partial charge in [0.1, 0.15) is 11.9 Å². The first-order valence-electron chi connectivity index (χ1n) is 7.47. The van der Waals surface area contributed by atoms with Crippen molar-refractivity contribution in [3.8, 4) is 17.3 Å². The Balaban J connectivity index is 2.10. The number of nitrogens with zero attached hydrogens (tertiary/aromatic N) is 2. The Kier molecular flexibility index (Phi) is 4.72. The Morgan fingerprint density at radius 2 is 2.09 bits per heavy atom. The second-order valence-electron chi connectivity index (χ2n) is 5.64. The van der Waals surface area contributed by atoms with Crippen LogP contribution in [0.3, 0.4) is 0 Å². The van der Waals surface area contributed by atoms with Gasteiger partial charge >= 0.3 is 0 Å². The number of pyridine rings is 1. The number of anilines is 1. The minimum absolute atomic E-state index is 0.261. The Labute approximate surface area is 145 Å². The number of aromatic nitrogens is 1. The molecule has 0 bridgehead atoms. The first-order valence-corrected chi connectivity index (χ1v) is 8.22. The van der Waals surface area contributed by atoms with Crippen molar-refractivity contribution >= 4 is 29.0 Å². The van der Waals surface area contributed by atoms with Gasteiger partial charge in [-0.3, -0.25) is 0 Å². The molecule has 1 unspecified atom stereocenters. The average molecular weight is 347 g/mol. The van der Waals surface area contributed by atoms with E-state index < -0.39 is 0 Å². The van der Waals surface area contributed by atoms with Gasteiger partial charge in [0.25, 0.3) is 0 Å². The lowest BCUT2D eigenvalue weighted by Crippen LogP contribution is -2.29. The number of piperidine rings is 1. The summed E-state index contributed by atoms with van der Waals surface area (Å²) in [6, 6.07) is 9.50. The second-order valence-corrected chi connectivity index (χ2v) is 6.46. The molecule has 23 heavy (non-hydrogen) atoms. The number of nitriles is 1. The van der Waals surface area contributed by atoms with E-state index in [0.29, 0.717) is 21.3 Å². The smallest absolute Gasteiger partial charge is 0.142 e. The van der Waals surface area contributed by atoms with Crippen LogP contribution in [-0.4, -0.2) is 18.1 Å². The van der Waals surface area contributed by atoms with E-state index in [1.54, 1.807) is 12.1 Å². The fourth-order valence-electron chi connectivity index (χ4n) is 2.95. The molecule has 0 aliphatic carbocycles. The normalized spacial score (nSPS) is 17.7. The third-order valence-corrected chi connectivity index (χ3v) is 4.88. The number of nitrogens with one attached hydrogen (secondary N) is 1. The first kappa shape index (κ1) is 16.1. The van der Waals surface area contributed by atoms with E-state index in [2.05, 4.69) is 16.4 Å². The summed E-state index contributed by atoms with van der Waals surface area (Å²) in [6.45, 7) is 1.86. The van der Waals surface area contributed by atoms with Crippen LogP contribution in [-0.2, 0) is 0 Å². The van der Waals surface area contributed by atoms with Crippen molar-refractivity contribution in [3.63, 3.8) is 0 Å². The highest BCUT2D eigenvalue weighted by atomic mass is 35.5. The largest absolute Gasteiger partial charge is 0.383 e. The molecule has 118 valence electrons. The molecule has 0 spiro atoms. The number of benzene rings is 1. The van der Waals surface area contributed by atoms with Gasteiger partial charge in [-0.15, -0.1) is 0 Å². The Bertz CT molecular complexity index is 777. The molecular formula is C17H16Cl2N4. The zero-order valence-electron chi connectivity index (χ0n) is 12.4. The number of hydrogen-bond acceptors (Lipinski definition) is 4. The predicted octanol–water partition coefficient (Wildman–Crippen LogP) is 3.98. The Morgan fingerprint density at radius 3 is 2.74 bits per heavy atom. The average Bonchev–Trinajstić information content (AvgIpc) is 2.57. The summed E-state index contributed by atoms with van der Waals surface area (Å²) in [6.07, 6.45) is 2.12. The van der Waals surface area contributed by atoms with E-state index >= 15 is 0 Å². The van der Waals surface area contributed by atoms with Gasteiger partial charge in [0.2, 0.25) is 0 Å². The van der Waals surface area contributed by atoms with Crippen molar-refractivity contribution < 1.29 is 0 Å². The number of halogens is 2. The molecule has 0 amide bonds. The molecule has 2 heterocycles. The van der Waals surface area contributed by atoms with Crippen molar-refractivity contribution in [3.05, 3.63) is 45.4 Å². The number of nitrogen functional groups attached to an aromatic ring is 1. The van der Waals surface area contributed by atoms with Gasteiger partial charge in [-0.25, -0.2) is 4.98 Å². The molecule has 0 radical (unpaired) electrons. The van der Waals surface area contributed by atoms with Crippen LogP contribution in [0.5, 0.6) is 0 Å². The van der Waals surface area contributed by atoms with E-state index in [1.807, 2.05) is 12.1 Å². The number of rotatable bonds is 2. The summed E-state index contributed by atoms with van der Waals surface area (Å²) in [4.78, 5) is 4.37. The summed E-state index contributed by atoms with van der Waals surface area (Å²) in [5, 5.41) is 13.8. The number of hydrogen-bond donors (Lipinski definition) is 2. The van der Waals surface area contributed by atoms with Gasteiger partial charge in [-0.2, -0.15) is 5.26 Å². The van der Waals surface area contributed by atoms with Crippen LogP contribution in [0.2, 0.25) is 10.0 Å². The summed E-state index contributed by atoms with van der Waals surface area (Å²) < 4.78 is 0. The third kappa shape index (κ3) is 3.28. The number of nitrogens with two attached hydrogens (primary N) is 1. The van der Waals surface area contributed by atoms with Crippen LogP contribution in [0, 0.1) is 11.3 Å². The summed E-state index contributed by atoms with van der Waals surface area (Å²) in [5.41, 5.74) is 9.00. The highest BCUT2D eigenvalue weighted by Gasteiger charge is 2.22. The van der Waals surface area contributed by atoms with Crippen molar-refractivity contribution in [2.75, 3.05) is 18.8 Å². The van der Waals surface area contributed by atoms with Gasteiger partial charge in [0.05, 0.1) is 21.3 Å². The Morgan fingerprint density at radius 1 is 1.26 bits per heavy atom. The quantitative estimate of drug-likeness (QED) is 0.862. The van der Waals surface area contributed by atoms with E-state index in [1.165, 1.54) is 0 Å². The molecule has 1 aromatic carbocycles. The molecule has 0 saturated carbocycles.